The minimum atomic E-state index is -0.735. The average molecular weight is 400 g/mol. The lowest BCUT2D eigenvalue weighted by molar-refractivity contribution is -0.132. The van der Waals surface area contributed by atoms with Crippen LogP contribution < -0.4 is 10.1 Å². The van der Waals surface area contributed by atoms with E-state index in [0.29, 0.717) is 12.8 Å². The van der Waals surface area contributed by atoms with Gasteiger partial charge in [-0.25, -0.2) is 4.79 Å². The van der Waals surface area contributed by atoms with Gasteiger partial charge in [-0.1, -0.05) is 58.3 Å². The van der Waals surface area contributed by atoms with E-state index >= 15 is 0 Å². The van der Waals surface area contributed by atoms with Crippen LogP contribution in [0.15, 0.2) is 29.4 Å². The third-order valence-electron chi connectivity index (χ3n) is 5.82. The van der Waals surface area contributed by atoms with E-state index in [9.17, 15) is 9.59 Å². The van der Waals surface area contributed by atoms with E-state index in [1.54, 1.807) is 6.21 Å². The van der Waals surface area contributed by atoms with Crippen molar-refractivity contribution in [2.24, 2.45) is 5.10 Å². The largest absolute Gasteiger partial charge is 0.494 e. The molecule has 1 aromatic carbocycles. The first-order valence-corrected chi connectivity index (χ1v) is 11.1. The van der Waals surface area contributed by atoms with Gasteiger partial charge >= 0.3 is 6.03 Å². The molecule has 1 spiro atoms. The van der Waals surface area contributed by atoms with Crippen LogP contribution in [0.1, 0.15) is 83.1 Å². The fourth-order valence-electron chi connectivity index (χ4n) is 4.05. The highest BCUT2D eigenvalue weighted by Gasteiger charge is 2.51. The second-order valence-corrected chi connectivity index (χ2v) is 8.12. The molecular weight excluding hydrogens is 366 g/mol. The van der Waals surface area contributed by atoms with Crippen molar-refractivity contribution >= 4 is 18.2 Å². The number of carbonyl (C=O) groups excluding carboxylic acids is 2. The molecule has 3 amide bonds. The van der Waals surface area contributed by atoms with Crippen molar-refractivity contribution in [1.29, 1.82) is 0 Å². The number of carbonyl (C=O) groups is 2. The van der Waals surface area contributed by atoms with Crippen molar-refractivity contribution in [3.05, 3.63) is 29.8 Å². The monoisotopic (exact) mass is 399 g/mol. The number of ether oxygens (including phenoxy) is 1. The van der Waals surface area contributed by atoms with Crippen molar-refractivity contribution in [3.8, 4) is 5.75 Å². The molecule has 0 bridgehead atoms. The summed E-state index contributed by atoms with van der Waals surface area (Å²) in [7, 11) is 0. The molecule has 1 saturated carbocycles. The highest BCUT2D eigenvalue weighted by atomic mass is 16.5. The molecule has 0 radical (unpaired) electrons. The molecule has 3 rings (SSSR count). The second kappa shape index (κ2) is 10.4. The number of rotatable bonds is 10. The predicted octanol–water partition coefficient (Wildman–Crippen LogP) is 5.01. The lowest BCUT2D eigenvalue weighted by Crippen LogP contribution is -2.48. The quantitative estimate of drug-likeness (QED) is 0.341. The van der Waals surface area contributed by atoms with Crippen LogP contribution in [-0.2, 0) is 4.79 Å². The predicted molar refractivity (Wildman–Crippen MR) is 114 cm³/mol. The van der Waals surface area contributed by atoms with Crippen LogP contribution in [0.2, 0.25) is 0 Å². The number of unbranched alkanes of at least 4 members (excludes halogenated alkanes) is 5. The molecule has 6 nitrogen and oxygen atoms in total. The van der Waals surface area contributed by atoms with Gasteiger partial charge < -0.3 is 10.1 Å². The highest BCUT2D eigenvalue weighted by molar-refractivity contribution is 6.07. The summed E-state index contributed by atoms with van der Waals surface area (Å²) in [5, 5.41) is 7.99. The van der Waals surface area contributed by atoms with Crippen LogP contribution in [0.5, 0.6) is 5.75 Å². The molecule has 2 aliphatic rings. The molecule has 1 aliphatic carbocycles. The van der Waals surface area contributed by atoms with Gasteiger partial charge in [0.15, 0.2) is 0 Å². The van der Waals surface area contributed by atoms with Gasteiger partial charge in [-0.05, 0) is 49.1 Å². The Balaban J connectivity index is 1.46. The third kappa shape index (κ3) is 5.58. The van der Waals surface area contributed by atoms with Crippen molar-refractivity contribution in [2.45, 2.75) is 83.1 Å². The summed E-state index contributed by atoms with van der Waals surface area (Å²) in [4.78, 5) is 24.9. The number of hydrogen-bond acceptors (Lipinski definition) is 4. The molecule has 2 fully saturated rings. The number of benzene rings is 1. The molecule has 158 valence electrons. The van der Waals surface area contributed by atoms with Crippen molar-refractivity contribution < 1.29 is 14.3 Å². The fourth-order valence-corrected chi connectivity index (χ4v) is 4.05. The lowest BCUT2D eigenvalue weighted by Gasteiger charge is -2.29. The summed E-state index contributed by atoms with van der Waals surface area (Å²) in [6.45, 7) is 2.95. The smallest absolute Gasteiger partial charge is 0.346 e. The Morgan fingerprint density at radius 2 is 1.72 bits per heavy atom. The minimum absolute atomic E-state index is 0.225. The molecule has 1 N–H and O–H groups in total. The van der Waals surface area contributed by atoms with Gasteiger partial charge in [0.1, 0.15) is 11.3 Å². The van der Waals surface area contributed by atoms with Gasteiger partial charge in [0.2, 0.25) is 0 Å². The summed E-state index contributed by atoms with van der Waals surface area (Å²) in [5.41, 5.74) is 0.0862. The summed E-state index contributed by atoms with van der Waals surface area (Å²) < 4.78 is 5.78. The van der Waals surface area contributed by atoms with Gasteiger partial charge in [-0.3, -0.25) is 4.79 Å². The maximum absolute atomic E-state index is 12.7. The van der Waals surface area contributed by atoms with Gasteiger partial charge in [0.25, 0.3) is 5.91 Å². The van der Waals surface area contributed by atoms with E-state index in [1.165, 1.54) is 32.1 Å². The molecule has 1 saturated heterocycles. The third-order valence-corrected chi connectivity index (χ3v) is 5.82. The van der Waals surface area contributed by atoms with Gasteiger partial charge in [0.05, 0.1) is 12.8 Å². The summed E-state index contributed by atoms with van der Waals surface area (Å²) >= 11 is 0. The van der Waals surface area contributed by atoms with Crippen LogP contribution >= 0.6 is 0 Å². The SMILES string of the molecule is CCCCCCCCOc1ccc(C=NN2C(=O)NC3(CCCCC3)C2=O)cc1. The number of nitrogens with zero attached hydrogens (tertiary/aromatic N) is 2. The average Bonchev–Trinajstić information content (AvgIpc) is 2.96. The Morgan fingerprint density at radius 1 is 1.03 bits per heavy atom. The second-order valence-electron chi connectivity index (χ2n) is 8.12. The standard InChI is InChI=1S/C23H33N3O3/c1-2-3-4-5-6-10-17-29-20-13-11-19(12-14-20)18-24-26-21(27)23(25-22(26)28)15-8-7-9-16-23/h11-14,18H,2-10,15-17H2,1H3,(H,25,28). The molecular formula is C23H33N3O3. The first kappa shape index (κ1) is 21.3. The summed E-state index contributed by atoms with van der Waals surface area (Å²) in [5.74, 6) is 0.601. The molecule has 6 heteroatoms. The fraction of sp³-hybridized carbons (Fsp3) is 0.609. The first-order chi connectivity index (χ1) is 14.1. The normalized spacial score (nSPS) is 18.6. The molecule has 0 atom stereocenters. The Bertz CT molecular complexity index is 709. The summed E-state index contributed by atoms with van der Waals surface area (Å²) in [6.07, 6.45) is 13.4. The van der Waals surface area contributed by atoms with E-state index in [-0.39, 0.29) is 5.91 Å². The van der Waals surface area contributed by atoms with Gasteiger partial charge in [-0.15, -0.1) is 5.01 Å². The molecule has 1 aliphatic heterocycles. The van der Waals surface area contributed by atoms with E-state index in [0.717, 1.165) is 48.6 Å². The van der Waals surface area contributed by atoms with E-state index in [2.05, 4.69) is 17.3 Å². The van der Waals surface area contributed by atoms with Gasteiger partial charge in [0, 0.05) is 0 Å². The zero-order valence-corrected chi connectivity index (χ0v) is 17.5. The Morgan fingerprint density at radius 3 is 2.45 bits per heavy atom. The number of nitrogens with one attached hydrogen (secondary N) is 1. The van der Waals surface area contributed by atoms with Crippen LogP contribution in [0, 0.1) is 0 Å². The van der Waals surface area contributed by atoms with E-state index in [1.807, 2.05) is 24.3 Å². The molecule has 0 unspecified atom stereocenters. The van der Waals surface area contributed by atoms with Crippen LogP contribution in [-0.4, -0.2) is 35.3 Å². The first-order valence-electron chi connectivity index (χ1n) is 11.1. The Labute approximate surface area is 173 Å². The Hall–Kier alpha value is -2.37. The topological polar surface area (TPSA) is 71.0 Å². The molecule has 29 heavy (non-hydrogen) atoms. The maximum Gasteiger partial charge on any atom is 0.346 e. The van der Waals surface area contributed by atoms with Crippen molar-refractivity contribution in [1.82, 2.24) is 10.3 Å². The van der Waals surface area contributed by atoms with Gasteiger partial charge in [-0.2, -0.15) is 5.10 Å². The molecule has 0 aromatic heterocycles. The zero-order valence-electron chi connectivity index (χ0n) is 17.5. The van der Waals surface area contributed by atoms with Crippen LogP contribution in [0.4, 0.5) is 4.79 Å². The number of hydrogen-bond donors (Lipinski definition) is 1. The number of imide groups is 1. The van der Waals surface area contributed by atoms with Crippen LogP contribution in [0.3, 0.4) is 0 Å². The number of hydrazone groups is 1. The van der Waals surface area contributed by atoms with E-state index < -0.39 is 11.6 Å². The molecule has 1 heterocycles. The maximum atomic E-state index is 12.7. The number of urea groups is 1. The Kier molecular flexibility index (Phi) is 7.67. The highest BCUT2D eigenvalue weighted by Crippen LogP contribution is 2.33. The number of amides is 3. The van der Waals surface area contributed by atoms with Crippen molar-refractivity contribution in [3.63, 3.8) is 0 Å². The minimum Gasteiger partial charge on any atom is -0.494 e. The summed E-state index contributed by atoms with van der Waals surface area (Å²) in [6, 6.07) is 7.14. The zero-order chi connectivity index (χ0) is 20.5. The molecule has 1 aromatic rings. The van der Waals surface area contributed by atoms with Crippen LogP contribution in [0.25, 0.3) is 0 Å². The van der Waals surface area contributed by atoms with E-state index in [4.69, 9.17) is 4.74 Å². The van der Waals surface area contributed by atoms with Crippen molar-refractivity contribution in [2.75, 3.05) is 6.61 Å². The lowest BCUT2D eigenvalue weighted by atomic mass is 9.82.